The molecule has 4 saturated heterocycles. The molecule has 15 N–H and O–H groups in total. The fourth-order valence-corrected chi connectivity index (χ4v) is 6.52. The third kappa shape index (κ3) is 10.4. The first kappa shape index (κ1) is 45.8. The van der Waals surface area contributed by atoms with Crippen LogP contribution in [0, 0.1) is 0 Å². The van der Waals surface area contributed by atoms with Crippen LogP contribution in [-0.2, 0) is 47.5 Å². The van der Waals surface area contributed by atoms with Crippen molar-refractivity contribution in [1.82, 2.24) is 10.6 Å². The average molecular weight is 809 g/mol. The number of rotatable bonds is 17. The number of nitrogens with one attached hydrogen (secondary N) is 2. The first-order chi connectivity index (χ1) is 26.1. The van der Waals surface area contributed by atoms with Gasteiger partial charge in [-0.1, -0.05) is 0 Å². The lowest BCUT2D eigenvalue weighted by Gasteiger charge is -2.50. The van der Waals surface area contributed by atoms with Gasteiger partial charge in [0.25, 0.3) is 0 Å². The van der Waals surface area contributed by atoms with Crippen molar-refractivity contribution in [2.75, 3.05) is 39.6 Å². The molecule has 0 bridgehead atoms. The van der Waals surface area contributed by atoms with Crippen molar-refractivity contribution >= 4 is 12.3 Å². The molecule has 4 rings (SSSR count). The predicted octanol–water partition coefficient (Wildman–Crippen LogP) is -10.5. The smallest absolute Gasteiger partial charge is 0.217 e. The SMILES string of the molecule is CC(=O)N[C@H]1[C@H](O[C@@H]2[C@H](O[C@H]3O[C@H](CO)[C@H](O)[C@H](O)[C@H]3O)[C@@H](O)[C@H](O[C@H]3[C@H](O)[C@@H](O)[C@H](OC[C@@H](CO)NC=O)O[C@@H]3CO)O[C@@H]2CO)O[C@H](CO)[C@H](O)[C@@H]1O. The van der Waals surface area contributed by atoms with Crippen LogP contribution in [0.2, 0.25) is 0 Å². The normalized spacial score (nSPS) is 45.8. The summed E-state index contributed by atoms with van der Waals surface area (Å²) in [7, 11) is 0. The van der Waals surface area contributed by atoms with Crippen LogP contribution in [0.25, 0.3) is 0 Å². The number of hydrogen-bond acceptors (Lipinski definition) is 23. The molecule has 4 fully saturated rings. The Hall–Kier alpha value is -1.90. The van der Waals surface area contributed by atoms with Crippen LogP contribution < -0.4 is 10.6 Å². The fourth-order valence-electron chi connectivity index (χ4n) is 6.52. The van der Waals surface area contributed by atoms with E-state index in [-0.39, 0.29) is 0 Å². The van der Waals surface area contributed by atoms with E-state index >= 15 is 0 Å². The molecule has 0 aliphatic carbocycles. The first-order valence-electron chi connectivity index (χ1n) is 17.3. The van der Waals surface area contributed by atoms with Crippen molar-refractivity contribution in [1.29, 1.82) is 0 Å². The van der Waals surface area contributed by atoms with Gasteiger partial charge in [-0.05, 0) is 0 Å². The largest absolute Gasteiger partial charge is 0.394 e. The van der Waals surface area contributed by atoms with E-state index in [4.69, 9.17) is 37.9 Å². The summed E-state index contributed by atoms with van der Waals surface area (Å²) in [4.78, 5) is 22.8. The van der Waals surface area contributed by atoms with Gasteiger partial charge in [-0.3, -0.25) is 9.59 Å². The molecule has 320 valence electrons. The highest BCUT2D eigenvalue weighted by Gasteiger charge is 2.56. The molecule has 25 heteroatoms. The number of aliphatic hydroxyl groups excluding tert-OH is 13. The monoisotopic (exact) mass is 808 g/mol. The van der Waals surface area contributed by atoms with E-state index in [0.29, 0.717) is 6.41 Å². The van der Waals surface area contributed by atoms with Gasteiger partial charge in [0.2, 0.25) is 12.3 Å². The first-order valence-corrected chi connectivity index (χ1v) is 17.3. The van der Waals surface area contributed by atoms with Gasteiger partial charge in [0.15, 0.2) is 25.2 Å². The highest BCUT2D eigenvalue weighted by Crippen LogP contribution is 2.35. The summed E-state index contributed by atoms with van der Waals surface area (Å²) in [6, 6.07) is -2.49. The van der Waals surface area contributed by atoms with E-state index in [1.54, 1.807) is 0 Å². The maximum Gasteiger partial charge on any atom is 0.217 e. The van der Waals surface area contributed by atoms with E-state index in [1.807, 2.05) is 0 Å². The van der Waals surface area contributed by atoms with E-state index < -0.39 is 174 Å². The highest BCUT2D eigenvalue weighted by molar-refractivity contribution is 5.73. The molecule has 4 aliphatic heterocycles. The maximum absolute atomic E-state index is 12.0. The molecule has 25 nitrogen and oxygen atoms in total. The Morgan fingerprint density at radius 3 is 1.62 bits per heavy atom. The molecule has 4 heterocycles. The molecule has 0 radical (unpaired) electrons. The number of carbonyl (C=O) groups is 2. The zero-order chi connectivity index (χ0) is 40.7. The lowest BCUT2D eigenvalue weighted by molar-refractivity contribution is -0.395. The van der Waals surface area contributed by atoms with Gasteiger partial charge in [0.05, 0.1) is 45.7 Å². The molecule has 4 aliphatic rings. The molecular formula is C30H52N2O23. The van der Waals surface area contributed by atoms with Crippen molar-refractivity contribution < 1.29 is 114 Å². The van der Waals surface area contributed by atoms with Crippen LogP contribution in [-0.4, -0.2) is 247 Å². The minimum atomic E-state index is -2.15. The standard InChI is InChI=1S/C30H52N2O23/c1-9(39)32-15-18(42)16(40)11(3-34)49-27(15)54-25-14(6-37)52-30(23(47)26(25)55-29-21(45)19(43)17(41)12(4-35)50-29)53-24-13(5-36)51-28(22(46)20(24)44)48-7-10(2-33)31-8-38/h8,10-30,33-37,40-47H,2-7H2,1H3,(H,31,38)(H,32,39)/t10-,11-,12-,13-,14-,15-,16+,17+,18-,19+,20-,21-,22-,23-,24-,25+,26-,27+,28-,29-,30+/m1/s1. The van der Waals surface area contributed by atoms with Gasteiger partial charge in [0.1, 0.15) is 97.6 Å². The van der Waals surface area contributed by atoms with E-state index in [0.717, 1.165) is 6.92 Å². The third-order valence-electron chi connectivity index (χ3n) is 9.57. The summed E-state index contributed by atoms with van der Waals surface area (Å²) in [6.45, 7) is -3.53. The van der Waals surface area contributed by atoms with Crippen molar-refractivity contribution in [3.63, 3.8) is 0 Å². The Bertz CT molecular complexity index is 1190. The molecule has 0 aromatic heterocycles. The molecular weight excluding hydrogens is 756 g/mol. The van der Waals surface area contributed by atoms with Crippen LogP contribution in [0.15, 0.2) is 0 Å². The summed E-state index contributed by atoms with van der Waals surface area (Å²) in [5.74, 6) is -0.732. The summed E-state index contributed by atoms with van der Waals surface area (Å²) < 4.78 is 45.4. The second-order valence-electron chi connectivity index (χ2n) is 13.4. The molecule has 0 saturated carbocycles. The van der Waals surface area contributed by atoms with Crippen molar-refractivity contribution in [2.24, 2.45) is 0 Å². The zero-order valence-corrected chi connectivity index (χ0v) is 29.3. The molecule has 0 aromatic carbocycles. The number of amides is 2. The quantitative estimate of drug-likeness (QED) is 0.0607. The van der Waals surface area contributed by atoms with Gasteiger partial charge < -0.3 is 115 Å². The maximum atomic E-state index is 12.0. The summed E-state index contributed by atoms with van der Waals surface area (Å²) in [5, 5.41) is 140. The number of ether oxygens (including phenoxy) is 8. The van der Waals surface area contributed by atoms with Gasteiger partial charge in [-0.25, -0.2) is 0 Å². The highest BCUT2D eigenvalue weighted by atomic mass is 16.8. The van der Waals surface area contributed by atoms with E-state index in [1.165, 1.54) is 0 Å². The van der Waals surface area contributed by atoms with Crippen molar-refractivity contribution in [3.8, 4) is 0 Å². The molecule has 21 atom stereocenters. The Balaban J connectivity index is 1.64. The zero-order valence-electron chi connectivity index (χ0n) is 29.3. The van der Waals surface area contributed by atoms with Gasteiger partial charge in [-0.15, -0.1) is 0 Å². The Morgan fingerprint density at radius 2 is 1.05 bits per heavy atom. The number of aliphatic hydroxyl groups is 13. The average Bonchev–Trinajstić information content (AvgIpc) is 3.17. The third-order valence-corrected chi connectivity index (χ3v) is 9.57. The molecule has 2 amide bonds. The topological polar surface area (TPSA) is 395 Å². The molecule has 0 spiro atoms. The summed E-state index contributed by atoms with van der Waals surface area (Å²) >= 11 is 0. The van der Waals surface area contributed by atoms with Crippen LogP contribution in [0.1, 0.15) is 6.92 Å². The lowest BCUT2D eigenvalue weighted by atomic mass is 9.94. The van der Waals surface area contributed by atoms with Crippen LogP contribution in [0.5, 0.6) is 0 Å². The van der Waals surface area contributed by atoms with Gasteiger partial charge in [0, 0.05) is 6.92 Å². The predicted molar refractivity (Wildman–Crippen MR) is 169 cm³/mol. The second-order valence-corrected chi connectivity index (χ2v) is 13.4. The Labute approximate surface area is 312 Å². The van der Waals surface area contributed by atoms with Gasteiger partial charge in [-0.2, -0.15) is 0 Å². The molecule has 0 unspecified atom stereocenters. The lowest BCUT2D eigenvalue weighted by Crippen LogP contribution is -2.69. The van der Waals surface area contributed by atoms with Crippen LogP contribution in [0.4, 0.5) is 0 Å². The van der Waals surface area contributed by atoms with Crippen molar-refractivity contribution in [2.45, 2.75) is 136 Å². The minimum absolute atomic E-state index is 0.292. The van der Waals surface area contributed by atoms with E-state index in [2.05, 4.69) is 10.6 Å². The Morgan fingerprint density at radius 1 is 0.582 bits per heavy atom. The van der Waals surface area contributed by atoms with Crippen molar-refractivity contribution in [3.05, 3.63) is 0 Å². The summed E-state index contributed by atoms with van der Waals surface area (Å²) in [5.41, 5.74) is 0. The van der Waals surface area contributed by atoms with E-state index in [9.17, 15) is 76.0 Å². The fraction of sp³-hybridized carbons (Fsp3) is 0.933. The molecule has 55 heavy (non-hydrogen) atoms. The van der Waals surface area contributed by atoms with Gasteiger partial charge >= 0.3 is 0 Å². The second kappa shape index (κ2) is 20.7. The summed E-state index contributed by atoms with van der Waals surface area (Å²) in [6.07, 6.45) is -34.2. The minimum Gasteiger partial charge on any atom is -0.394 e. The molecule has 0 aromatic rings. The number of hydrogen-bond donors (Lipinski definition) is 15. The number of carbonyl (C=O) groups excluding carboxylic acids is 2. The van der Waals surface area contributed by atoms with Crippen LogP contribution in [0.3, 0.4) is 0 Å². The Kier molecular flexibility index (Phi) is 17.2. The van der Waals surface area contributed by atoms with Crippen LogP contribution >= 0.6 is 0 Å².